The Morgan fingerprint density at radius 3 is 0.833 bits per heavy atom. The van der Waals surface area contributed by atoms with E-state index < -0.39 is 0 Å². The van der Waals surface area contributed by atoms with Crippen molar-refractivity contribution in [1.82, 2.24) is 0 Å². The molecule has 250 valence electrons. The first-order valence-electron chi connectivity index (χ1n) is 19.3. The fourth-order valence-electron chi connectivity index (χ4n) is 6.58. The molecule has 2 heteroatoms. The van der Waals surface area contributed by atoms with Crippen molar-refractivity contribution < 1.29 is 8.97 Å². The number of hydrogen-bond acceptors (Lipinski definition) is 0. The highest BCUT2D eigenvalue weighted by molar-refractivity contribution is 4.82. The van der Waals surface area contributed by atoms with Crippen LogP contribution in [0.2, 0.25) is 0 Å². The summed E-state index contributed by atoms with van der Waals surface area (Å²) >= 11 is 0. The van der Waals surface area contributed by atoms with E-state index in [1.54, 1.807) is 0 Å². The average molecular weight is 591 g/mol. The zero-order valence-corrected chi connectivity index (χ0v) is 30.4. The molecule has 0 unspecified atom stereocenters. The smallest absolute Gasteiger partial charge is 0.206 e. The van der Waals surface area contributed by atoms with Crippen LogP contribution in [0.5, 0.6) is 0 Å². The minimum Gasteiger partial charge on any atom is -0.282 e. The molecule has 0 saturated carbocycles. The molecular formula is C40H82N2+2. The Bertz CT molecular complexity index is 588. The van der Waals surface area contributed by atoms with E-state index in [4.69, 9.17) is 0 Å². The summed E-state index contributed by atoms with van der Waals surface area (Å²) in [5, 5.41) is 0. The van der Waals surface area contributed by atoms with Crippen molar-refractivity contribution in [2.24, 2.45) is 0 Å². The molecule has 0 aromatic heterocycles. The van der Waals surface area contributed by atoms with Gasteiger partial charge in [-0.25, -0.2) is 0 Å². The third-order valence-electron chi connectivity index (χ3n) is 9.07. The van der Waals surface area contributed by atoms with Crippen LogP contribution in [0.15, 0.2) is 24.3 Å². The molecule has 0 fully saturated rings. The lowest BCUT2D eigenvalue weighted by Crippen LogP contribution is -2.56. The van der Waals surface area contributed by atoms with Gasteiger partial charge in [0.25, 0.3) is 0 Å². The number of rotatable bonds is 33. The van der Waals surface area contributed by atoms with Crippen molar-refractivity contribution in [1.29, 1.82) is 0 Å². The molecule has 0 amide bonds. The van der Waals surface area contributed by atoms with Crippen molar-refractivity contribution in [3.05, 3.63) is 24.3 Å². The number of quaternary nitrogens is 2. The van der Waals surface area contributed by atoms with Crippen LogP contribution in [0.4, 0.5) is 0 Å². The lowest BCUT2D eigenvalue weighted by molar-refractivity contribution is -1.07. The highest BCUT2D eigenvalue weighted by atomic mass is 15.5. The Hall–Kier alpha value is -0.600. The predicted molar refractivity (Wildman–Crippen MR) is 193 cm³/mol. The van der Waals surface area contributed by atoms with Crippen LogP contribution in [0.3, 0.4) is 0 Å². The maximum Gasteiger partial charge on any atom is 0.206 e. The molecule has 0 saturated heterocycles. The van der Waals surface area contributed by atoms with Crippen LogP contribution in [-0.2, 0) is 0 Å². The van der Waals surface area contributed by atoms with E-state index in [1.807, 2.05) is 0 Å². The molecule has 0 spiro atoms. The molecule has 0 atom stereocenters. The van der Waals surface area contributed by atoms with Crippen molar-refractivity contribution in [3.8, 4) is 0 Å². The summed E-state index contributed by atoms with van der Waals surface area (Å²) in [6.07, 6.45) is 47.3. The van der Waals surface area contributed by atoms with Gasteiger partial charge in [-0.2, -0.15) is 0 Å². The van der Waals surface area contributed by atoms with E-state index in [9.17, 15) is 0 Å². The molecule has 0 heterocycles. The molecular weight excluding hydrogens is 508 g/mol. The van der Waals surface area contributed by atoms with E-state index in [1.165, 1.54) is 202 Å². The van der Waals surface area contributed by atoms with E-state index in [0.29, 0.717) is 0 Å². The Morgan fingerprint density at radius 1 is 0.310 bits per heavy atom. The summed E-state index contributed by atoms with van der Waals surface area (Å²) in [7, 11) is 9.82. The van der Waals surface area contributed by atoms with E-state index >= 15 is 0 Å². The van der Waals surface area contributed by atoms with Crippen LogP contribution >= 0.6 is 0 Å². The van der Waals surface area contributed by atoms with Crippen LogP contribution in [0.25, 0.3) is 0 Å². The molecule has 0 radical (unpaired) electrons. The summed E-state index contributed by atoms with van der Waals surface area (Å²) in [6.45, 7) is 8.51. The van der Waals surface area contributed by atoms with Gasteiger partial charge in [-0.1, -0.05) is 134 Å². The SMILES string of the molecule is CCCCCCCC/C=C\CCCCCCCC[N+](C)(C)C[N+](C)(C)CCCCCCC/C=C\CCCCCCCC. The van der Waals surface area contributed by atoms with Crippen molar-refractivity contribution in [2.45, 2.75) is 187 Å². The molecule has 42 heavy (non-hydrogen) atoms. The van der Waals surface area contributed by atoms with Crippen LogP contribution in [0, 0.1) is 0 Å². The first-order chi connectivity index (χ1) is 20.3. The molecule has 0 rings (SSSR count). The van der Waals surface area contributed by atoms with Gasteiger partial charge in [0.05, 0.1) is 41.3 Å². The fourth-order valence-corrected chi connectivity index (χ4v) is 6.58. The fraction of sp³-hybridized carbons (Fsp3) is 0.900. The minimum atomic E-state index is 1.17. The highest BCUT2D eigenvalue weighted by Crippen LogP contribution is 2.15. The van der Waals surface area contributed by atoms with Crippen molar-refractivity contribution in [2.75, 3.05) is 47.9 Å². The maximum absolute atomic E-state index is 2.46. The molecule has 0 aliphatic heterocycles. The summed E-state index contributed by atoms with van der Waals surface area (Å²) in [4.78, 5) is 0. The Labute approximate surface area is 268 Å². The molecule has 2 nitrogen and oxygen atoms in total. The summed E-state index contributed by atoms with van der Waals surface area (Å²) in [5.74, 6) is 0. The lowest BCUT2D eigenvalue weighted by atomic mass is 10.1. The summed E-state index contributed by atoms with van der Waals surface area (Å²) in [6, 6.07) is 0. The average Bonchev–Trinajstić information content (AvgIpc) is 2.94. The second-order valence-corrected chi connectivity index (χ2v) is 15.0. The van der Waals surface area contributed by atoms with Gasteiger partial charge in [-0.3, -0.25) is 8.97 Å². The third-order valence-corrected chi connectivity index (χ3v) is 9.07. The molecule has 0 aromatic rings. The Morgan fingerprint density at radius 2 is 0.548 bits per heavy atom. The topological polar surface area (TPSA) is 0 Å². The van der Waals surface area contributed by atoms with Gasteiger partial charge in [-0.05, 0) is 77.0 Å². The van der Waals surface area contributed by atoms with Gasteiger partial charge >= 0.3 is 0 Å². The minimum absolute atomic E-state index is 1.17. The number of nitrogens with zero attached hydrogens (tertiary/aromatic N) is 2. The van der Waals surface area contributed by atoms with Gasteiger partial charge in [0.1, 0.15) is 0 Å². The van der Waals surface area contributed by atoms with Gasteiger partial charge in [-0.15, -0.1) is 0 Å². The monoisotopic (exact) mass is 591 g/mol. The quantitative estimate of drug-likeness (QED) is 0.0308. The molecule has 0 N–H and O–H groups in total. The van der Waals surface area contributed by atoms with Gasteiger partial charge < -0.3 is 0 Å². The normalized spacial score (nSPS) is 12.8. The van der Waals surface area contributed by atoms with E-state index in [-0.39, 0.29) is 0 Å². The largest absolute Gasteiger partial charge is 0.282 e. The first kappa shape index (κ1) is 41.4. The first-order valence-corrected chi connectivity index (χ1v) is 19.3. The van der Waals surface area contributed by atoms with Crippen molar-refractivity contribution >= 4 is 0 Å². The highest BCUT2D eigenvalue weighted by Gasteiger charge is 2.26. The van der Waals surface area contributed by atoms with Gasteiger partial charge in [0, 0.05) is 0 Å². The second kappa shape index (κ2) is 30.4. The number of allylic oxidation sites excluding steroid dienone is 4. The molecule has 0 aliphatic rings. The number of hydrogen-bond donors (Lipinski definition) is 0. The summed E-state index contributed by atoms with van der Waals surface area (Å²) < 4.78 is 2.34. The maximum atomic E-state index is 2.46. The second-order valence-electron chi connectivity index (χ2n) is 15.0. The summed E-state index contributed by atoms with van der Waals surface area (Å²) in [5.41, 5.74) is 0. The number of unbranched alkanes of at least 4 members (excludes halogenated alkanes) is 23. The molecule has 0 aliphatic carbocycles. The molecule has 0 bridgehead atoms. The Kier molecular flexibility index (Phi) is 30.0. The van der Waals surface area contributed by atoms with E-state index in [0.717, 1.165) is 0 Å². The van der Waals surface area contributed by atoms with Crippen LogP contribution < -0.4 is 0 Å². The van der Waals surface area contributed by atoms with Crippen molar-refractivity contribution in [3.63, 3.8) is 0 Å². The Balaban J connectivity index is 3.62. The zero-order chi connectivity index (χ0) is 31.0. The van der Waals surface area contributed by atoms with Crippen LogP contribution in [-0.4, -0.2) is 56.9 Å². The van der Waals surface area contributed by atoms with E-state index in [2.05, 4.69) is 66.3 Å². The third kappa shape index (κ3) is 32.3. The predicted octanol–water partition coefficient (Wildman–Crippen LogP) is 12.8. The standard InChI is InChI=1S/C40H82N2/c1-7-9-11-13-15-17-19-21-23-25-27-29-31-33-35-37-39-42(5,6)40-41(3,4)38-36-34-32-30-28-26-24-22-20-18-16-14-12-10-8-2/h21-24H,7-20,25-40H2,1-6H3/q+2/b23-21-,24-22-. The lowest BCUT2D eigenvalue weighted by Gasteiger charge is -2.39. The van der Waals surface area contributed by atoms with Crippen LogP contribution in [0.1, 0.15) is 187 Å². The van der Waals surface area contributed by atoms with Gasteiger partial charge in [0.2, 0.25) is 6.67 Å². The van der Waals surface area contributed by atoms with Gasteiger partial charge in [0.15, 0.2) is 0 Å². The zero-order valence-electron chi connectivity index (χ0n) is 30.4. The molecule has 0 aromatic carbocycles.